The van der Waals surface area contributed by atoms with Gasteiger partial charge in [0.25, 0.3) is 0 Å². The third kappa shape index (κ3) is 3.35. The largest absolute Gasteiger partial charge is 0.468 e. The van der Waals surface area contributed by atoms with E-state index < -0.39 is 21.1 Å². The molecule has 1 unspecified atom stereocenters. The van der Waals surface area contributed by atoms with Gasteiger partial charge in [-0.25, -0.2) is 8.42 Å². The Morgan fingerprint density at radius 3 is 2.63 bits per heavy atom. The second kappa shape index (κ2) is 5.33. The zero-order valence-electron chi connectivity index (χ0n) is 11.1. The average molecular weight is 282 g/mol. The summed E-state index contributed by atoms with van der Waals surface area (Å²) in [6.45, 7) is 1.91. The lowest BCUT2D eigenvalue weighted by Crippen LogP contribution is -2.34. The molecule has 0 N–H and O–H groups in total. The highest BCUT2D eigenvalue weighted by molar-refractivity contribution is 7.92. The molecule has 0 aromatic heterocycles. The van der Waals surface area contributed by atoms with Crippen LogP contribution < -0.4 is 0 Å². The van der Waals surface area contributed by atoms with Crippen LogP contribution in [0.3, 0.4) is 0 Å². The Kier molecular flexibility index (Phi) is 3.94. The fourth-order valence-corrected chi connectivity index (χ4v) is 4.34. The van der Waals surface area contributed by atoms with Gasteiger partial charge in [0, 0.05) is 0 Å². The van der Waals surface area contributed by atoms with Crippen molar-refractivity contribution in [2.24, 2.45) is 5.92 Å². The van der Waals surface area contributed by atoms with Crippen molar-refractivity contribution in [2.75, 3.05) is 7.11 Å². The maximum absolute atomic E-state index is 12.4. The molecule has 0 aliphatic heterocycles. The summed E-state index contributed by atoms with van der Waals surface area (Å²) < 4.78 is 29.4. The molecule has 0 heterocycles. The molecule has 1 atom stereocenters. The summed E-state index contributed by atoms with van der Waals surface area (Å²) in [4.78, 5) is 11.7. The van der Waals surface area contributed by atoms with E-state index in [9.17, 15) is 13.2 Å². The van der Waals surface area contributed by atoms with Crippen molar-refractivity contribution < 1.29 is 17.9 Å². The number of ether oxygens (including phenoxy) is 1. The highest BCUT2D eigenvalue weighted by Crippen LogP contribution is 2.37. The molecule has 1 aliphatic rings. The van der Waals surface area contributed by atoms with Crippen molar-refractivity contribution in [1.29, 1.82) is 0 Å². The maximum atomic E-state index is 12.4. The molecular formula is C14H18O4S. The first-order valence-corrected chi connectivity index (χ1v) is 8.00. The predicted molar refractivity (Wildman–Crippen MR) is 72.3 cm³/mol. The van der Waals surface area contributed by atoms with Gasteiger partial charge in [0.15, 0.2) is 15.1 Å². The third-order valence-electron chi connectivity index (χ3n) is 3.32. The van der Waals surface area contributed by atoms with Crippen LogP contribution in [-0.4, -0.2) is 26.7 Å². The summed E-state index contributed by atoms with van der Waals surface area (Å²) in [5.41, 5.74) is 1.73. The summed E-state index contributed by atoms with van der Waals surface area (Å²) in [5.74, 6) is -0.803. The van der Waals surface area contributed by atoms with Gasteiger partial charge in [-0.05, 0) is 31.2 Å². The van der Waals surface area contributed by atoms with Crippen molar-refractivity contribution in [3.05, 3.63) is 35.4 Å². The van der Waals surface area contributed by atoms with E-state index in [4.69, 9.17) is 0 Å². The van der Waals surface area contributed by atoms with E-state index in [1.54, 1.807) is 6.07 Å². The van der Waals surface area contributed by atoms with Crippen LogP contribution in [0.1, 0.15) is 24.0 Å². The third-order valence-corrected chi connectivity index (χ3v) is 5.41. The molecule has 19 heavy (non-hydrogen) atoms. The Balaban J connectivity index is 2.23. The van der Waals surface area contributed by atoms with Gasteiger partial charge in [-0.3, -0.25) is 4.79 Å². The highest BCUT2D eigenvalue weighted by atomic mass is 32.2. The van der Waals surface area contributed by atoms with Crippen LogP contribution in [0.15, 0.2) is 24.3 Å². The Morgan fingerprint density at radius 2 is 2.11 bits per heavy atom. The fraction of sp³-hybridized carbons (Fsp3) is 0.500. The number of hydrogen-bond donors (Lipinski definition) is 0. The molecule has 0 spiro atoms. The minimum Gasteiger partial charge on any atom is -0.468 e. The molecule has 0 bridgehead atoms. The second-order valence-corrected chi connectivity index (χ2v) is 7.20. The smallest absolute Gasteiger partial charge is 0.324 e. The zero-order valence-corrected chi connectivity index (χ0v) is 11.9. The Labute approximate surface area is 113 Å². The number of rotatable bonds is 5. The van der Waals surface area contributed by atoms with Gasteiger partial charge < -0.3 is 4.74 Å². The summed E-state index contributed by atoms with van der Waals surface area (Å²) >= 11 is 0. The Morgan fingerprint density at radius 1 is 1.42 bits per heavy atom. The number of carbonyl (C=O) groups is 1. The zero-order chi connectivity index (χ0) is 14.0. The maximum Gasteiger partial charge on any atom is 0.324 e. The number of sulfone groups is 1. The van der Waals surface area contributed by atoms with Crippen molar-refractivity contribution in [3.63, 3.8) is 0 Å². The molecule has 1 aromatic carbocycles. The first-order chi connectivity index (χ1) is 8.94. The van der Waals surface area contributed by atoms with E-state index >= 15 is 0 Å². The molecule has 1 fully saturated rings. The molecule has 1 aliphatic carbocycles. The minimum absolute atomic E-state index is 0.0674. The first-order valence-electron chi connectivity index (χ1n) is 6.29. The van der Waals surface area contributed by atoms with Crippen LogP contribution in [0.2, 0.25) is 0 Å². The monoisotopic (exact) mass is 282 g/mol. The molecule has 4 nitrogen and oxygen atoms in total. The van der Waals surface area contributed by atoms with Gasteiger partial charge in [-0.1, -0.05) is 29.8 Å². The number of methoxy groups -OCH3 is 1. The number of benzene rings is 1. The van der Waals surface area contributed by atoms with E-state index in [2.05, 4.69) is 4.74 Å². The van der Waals surface area contributed by atoms with Crippen LogP contribution in [0.4, 0.5) is 0 Å². The summed E-state index contributed by atoms with van der Waals surface area (Å²) in [6.07, 6.45) is 1.57. The molecule has 0 amide bonds. The lowest BCUT2D eigenvalue weighted by molar-refractivity contribution is -0.140. The lowest BCUT2D eigenvalue weighted by Gasteiger charge is -2.15. The standard InChI is InChI=1S/C14H18O4S/c1-10-4-3-5-11(8-10)9-19(16,17)13(12-6-7-12)14(15)18-2/h3-5,8,12-13H,6-7,9H2,1-2H3. The topological polar surface area (TPSA) is 60.4 Å². The number of hydrogen-bond acceptors (Lipinski definition) is 4. The highest BCUT2D eigenvalue weighted by Gasteiger charge is 2.45. The van der Waals surface area contributed by atoms with E-state index in [-0.39, 0.29) is 11.7 Å². The van der Waals surface area contributed by atoms with E-state index in [1.807, 2.05) is 25.1 Å². The van der Waals surface area contributed by atoms with Crippen molar-refractivity contribution in [2.45, 2.75) is 30.8 Å². The van der Waals surface area contributed by atoms with Gasteiger partial charge in [-0.2, -0.15) is 0 Å². The van der Waals surface area contributed by atoms with E-state index in [0.29, 0.717) is 0 Å². The summed E-state index contributed by atoms with van der Waals surface area (Å²) in [6, 6.07) is 7.34. The lowest BCUT2D eigenvalue weighted by atomic mass is 10.2. The van der Waals surface area contributed by atoms with Gasteiger partial charge in [-0.15, -0.1) is 0 Å². The molecule has 0 saturated heterocycles. The SMILES string of the molecule is COC(=O)C(C1CC1)S(=O)(=O)Cc1cccc(C)c1. The van der Waals surface area contributed by atoms with Crippen molar-refractivity contribution >= 4 is 15.8 Å². The van der Waals surface area contributed by atoms with E-state index in [1.165, 1.54) is 7.11 Å². The molecule has 2 rings (SSSR count). The molecule has 0 radical (unpaired) electrons. The molecule has 5 heteroatoms. The number of carbonyl (C=O) groups excluding carboxylic acids is 1. The van der Waals surface area contributed by atoms with Crippen molar-refractivity contribution in [3.8, 4) is 0 Å². The van der Waals surface area contributed by atoms with Gasteiger partial charge >= 0.3 is 5.97 Å². The second-order valence-electron chi connectivity index (χ2n) is 5.08. The Bertz CT molecular complexity index is 573. The molecule has 1 saturated carbocycles. The molecule has 1 aromatic rings. The Hall–Kier alpha value is -1.36. The molecular weight excluding hydrogens is 264 g/mol. The van der Waals surface area contributed by atoms with Crippen LogP contribution in [0.5, 0.6) is 0 Å². The van der Waals surface area contributed by atoms with Gasteiger partial charge in [0.1, 0.15) is 0 Å². The van der Waals surface area contributed by atoms with Gasteiger partial charge in [0.2, 0.25) is 0 Å². The van der Waals surface area contributed by atoms with Crippen LogP contribution >= 0.6 is 0 Å². The van der Waals surface area contributed by atoms with E-state index in [0.717, 1.165) is 24.0 Å². The van der Waals surface area contributed by atoms with Crippen molar-refractivity contribution in [1.82, 2.24) is 0 Å². The normalized spacial score (nSPS) is 16.9. The quantitative estimate of drug-likeness (QED) is 0.773. The number of esters is 1. The summed E-state index contributed by atoms with van der Waals surface area (Å²) in [7, 11) is -2.28. The van der Waals surface area contributed by atoms with Crippen LogP contribution in [0, 0.1) is 12.8 Å². The van der Waals surface area contributed by atoms with Gasteiger partial charge in [0.05, 0.1) is 12.9 Å². The van der Waals surface area contributed by atoms with Crippen LogP contribution in [-0.2, 0) is 25.1 Å². The molecule has 104 valence electrons. The number of aryl methyl sites for hydroxylation is 1. The summed E-state index contributed by atoms with van der Waals surface area (Å²) in [5, 5.41) is -1.00. The van der Waals surface area contributed by atoms with Crippen LogP contribution in [0.25, 0.3) is 0 Å². The fourth-order valence-electron chi connectivity index (χ4n) is 2.27. The first kappa shape index (κ1) is 14.1. The predicted octanol–water partition coefficient (Wildman–Crippen LogP) is 1.86. The minimum atomic E-state index is -3.51. The average Bonchev–Trinajstić information content (AvgIpc) is 3.12.